The topological polar surface area (TPSA) is 52.5 Å². The Morgan fingerprint density at radius 1 is 1.43 bits per heavy atom. The Bertz CT molecular complexity index is 752. The van der Waals surface area contributed by atoms with Crippen molar-refractivity contribution in [3.05, 3.63) is 45.1 Å². The van der Waals surface area contributed by atoms with Gasteiger partial charge in [-0.05, 0) is 41.1 Å². The smallest absolute Gasteiger partial charge is 0.242 e. The van der Waals surface area contributed by atoms with E-state index in [1.54, 1.807) is 11.3 Å². The molecule has 0 saturated carbocycles. The zero-order chi connectivity index (χ0) is 14.8. The van der Waals surface area contributed by atoms with Crippen molar-refractivity contribution in [2.24, 2.45) is 5.73 Å². The maximum atomic E-state index is 6.12. The molecule has 0 aliphatic carbocycles. The molecule has 110 valence electrons. The monoisotopic (exact) mass is 413 g/mol. The Balaban J connectivity index is 1.99. The van der Waals surface area contributed by atoms with Gasteiger partial charge in [0.2, 0.25) is 5.88 Å². The molecule has 0 saturated heterocycles. The first-order chi connectivity index (χ1) is 10.2. The maximum Gasteiger partial charge on any atom is 0.242 e. The molecule has 21 heavy (non-hydrogen) atoms. The van der Waals surface area contributed by atoms with E-state index in [9.17, 15) is 0 Å². The van der Waals surface area contributed by atoms with Crippen LogP contribution in [0.15, 0.2) is 35.8 Å². The van der Waals surface area contributed by atoms with Crippen LogP contribution in [-0.4, -0.2) is 15.4 Å². The number of nitrogens with two attached hydrogens (primary N) is 1. The zero-order valence-electron chi connectivity index (χ0n) is 11.6. The van der Waals surface area contributed by atoms with Gasteiger partial charge in [-0.15, -0.1) is 11.3 Å². The summed E-state index contributed by atoms with van der Waals surface area (Å²) < 4.78 is 9.18. The second-order valence-corrected chi connectivity index (χ2v) is 6.86. The highest BCUT2D eigenvalue weighted by Crippen LogP contribution is 2.31. The molecule has 6 heteroatoms. The minimum Gasteiger partial charge on any atom is -0.436 e. The summed E-state index contributed by atoms with van der Waals surface area (Å²) in [4.78, 5) is 5.54. The first-order valence-electron chi connectivity index (χ1n) is 6.81. The van der Waals surface area contributed by atoms with E-state index in [2.05, 4.69) is 38.9 Å². The van der Waals surface area contributed by atoms with Crippen molar-refractivity contribution in [3.63, 3.8) is 0 Å². The van der Waals surface area contributed by atoms with Crippen molar-refractivity contribution in [2.75, 3.05) is 0 Å². The summed E-state index contributed by atoms with van der Waals surface area (Å²) in [7, 11) is 0. The number of nitrogens with zero attached hydrogens (tertiary/aromatic N) is 2. The third kappa shape index (κ3) is 3.07. The summed E-state index contributed by atoms with van der Waals surface area (Å²) >= 11 is 3.87. The predicted molar refractivity (Wildman–Crippen MR) is 94.3 cm³/mol. The van der Waals surface area contributed by atoms with Crippen LogP contribution in [-0.2, 0) is 6.42 Å². The number of hydrogen-bond acceptors (Lipinski definition) is 4. The Morgan fingerprint density at radius 3 is 3.00 bits per heavy atom. The third-order valence-electron chi connectivity index (χ3n) is 3.35. The normalized spacial score (nSPS) is 12.7. The number of ether oxygens (including phenoxy) is 1. The summed E-state index contributed by atoms with van der Waals surface area (Å²) in [5, 5.41) is 2.03. The number of para-hydroxylation sites is 1. The summed E-state index contributed by atoms with van der Waals surface area (Å²) in [5.74, 6) is 1.49. The van der Waals surface area contributed by atoms with Crippen LogP contribution in [0, 0.1) is 3.57 Å². The van der Waals surface area contributed by atoms with E-state index < -0.39 is 0 Å². The fourth-order valence-corrected chi connectivity index (χ4v) is 3.33. The molecule has 1 atom stereocenters. The molecule has 1 unspecified atom stereocenters. The van der Waals surface area contributed by atoms with Gasteiger partial charge in [-0.3, -0.25) is 4.40 Å². The molecule has 3 aromatic rings. The lowest BCUT2D eigenvalue weighted by Gasteiger charge is -2.11. The number of fused-ring (bicyclic) bond motifs is 1. The highest BCUT2D eigenvalue weighted by atomic mass is 127. The van der Waals surface area contributed by atoms with E-state index >= 15 is 0 Å². The Hall–Kier alpha value is -1.12. The van der Waals surface area contributed by atoms with Crippen LogP contribution < -0.4 is 10.5 Å². The quantitative estimate of drug-likeness (QED) is 0.642. The van der Waals surface area contributed by atoms with Crippen molar-refractivity contribution in [3.8, 4) is 11.6 Å². The van der Waals surface area contributed by atoms with Crippen molar-refractivity contribution in [1.82, 2.24) is 9.38 Å². The average molecular weight is 413 g/mol. The fraction of sp³-hybridized carbons (Fsp3) is 0.267. The molecule has 0 fully saturated rings. The summed E-state index contributed by atoms with van der Waals surface area (Å²) in [6, 6.07) is 8.05. The van der Waals surface area contributed by atoms with Gasteiger partial charge in [0, 0.05) is 24.0 Å². The molecule has 2 N–H and O–H groups in total. The molecule has 2 heterocycles. The highest BCUT2D eigenvalue weighted by molar-refractivity contribution is 14.1. The van der Waals surface area contributed by atoms with Gasteiger partial charge in [0.25, 0.3) is 0 Å². The van der Waals surface area contributed by atoms with E-state index in [4.69, 9.17) is 10.5 Å². The van der Waals surface area contributed by atoms with Crippen LogP contribution in [0.4, 0.5) is 0 Å². The first kappa shape index (κ1) is 14.8. The first-order valence-corrected chi connectivity index (χ1v) is 8.77. The molecule has 0 aliphatic heterocycles. The maximum absolute atomic E-state index is 6.12. The van der Waals surface area contributed by atoms with Crippen molar-refractivity contribution < 1.29 is 4.74 Å². The lowest BCUT2D eigenvalue weighted by atomic mass is 10.1. The van der Waals surface area contributed by atoms with Crippen molar-refractivity contribution in [1.29, 1.82) is 0 Å². The fourth-order valence-electron chi connectivity index (χ4n) is 2.10. The van der Waals surface area contributed by atoms with E-state index in [1.165, 1.54) is 0 Å². The van der Waals surface area contributed by atoms with Crippen LogP contribution in [0.5, 0.6) is 11.6 Å². The van der Waals surface area contributed by atoms with E-state index in [1.807, 2.05) is 35.8 Å². The van der Waals surface area contributed by atoms with Gasteiger partial charge in [0.15, 0.2) is 4.96 Å². The standard InChI is InChI=1S/C15H16IN3OS/c1-2-10(17)9-12-14(18-15-19(12)7-8-21-15)20-13-6-4-3-5-11(13)16/h3-8,10H,2,9,17H2,1H3. The second kappa shape index (κ2) is 6.33. The SMILES string of the molecule is CCC(N)Cc1c(Oc2ccccc2I)nc2sccn12. The van der Waals surface area contributed by atoms with E-state index in [-0.39, 0.29) is 6.04 Å². The number of rotatable bonds is 5. The minimum atomic E-state index is 0.113. The largest absolute Gasteiger partial charge is 0.436 e. The van der Waals surface area contributed by atoms with Crippen LogP contribution in [0.25, 0.3) is 4.96 Å². The molecular weight excluding hydrogens is 397 g/mol. The molecule has 0 bridgehead atoms. The van der Waals surface area contributed by atoms with Crippen LogP contribution in [0.2, 0.25) is 0 Å². The van der Waals surface area contributed by atoms with Crippen molar-refractivity contribution >= 4 is 38.9 Å². The number of aromatic nitrogens is 2. The van der Waals surface area contributed by atoms with Gasteiger partial charge in [-0.2, -0.15) is 4.98 Å². The zero-order valence-corrected chi connectivity index (χ0v) is 14.6. The number of imidazole rings is 1. The Morgan fingerprint density at radius 2 is 2.24 bits per heavy atom. The molecule has 1 aromatic carbocycles. The van der Waals surface area contributed by atoms with Crippen LogP contribution in [0.1, 0.15) is 19.0 Å². The minimum absolute atomic E-state index is 0.113. The number of hydrogen-bond donors (Lipinski definition) is 1. The molecule has 0 radical (unpaired) electrons. The predicted octanol–water partition coefficient (Wildman–Crippen LogP) is 4.07. The van der Waals surface area contributed by atoms with Gasteiger partial charge in [0.05, 0.1) is 9.26 Å². The van der Waals surface area contributed by atoms with E-state index in [0.717, 1.165) is 32.8 Å². The van der Waals surface area contributed by atoms with Gasteiger partial charge in [-0.1, -0.05) is 19.1 Å². The second-order valence-electron chi connectivity index (χ2n) is 4.82. The summed E-state index contributed by atoms with van der Waals surface area (Å²) in [6.07, 6.45) is 3.71. The number of benzene rings is 1. The Kier molecular flexibility index (Phi) is 4.46. The third-order valence-corrected chi connectivity index (χ3v) is 5.00. The Labute approximate surface area is 141 Å². The lowest BCUT2D eigenvalue weighted by molar-refractivity contribution is 0.452. The highest BCUT2D eigenvalue weighted by Gasteiger charge is 2.18. The van der Waals surface area contributed by atoms with Crippen molar-refractivity contribution in [2.45, 2.75) is 25.8 Å². The molecule has 4 nitrogen and oxygen atoms in total. The van der Waals surface area contributed by atoms with E-state index in [0.29, 0.717) is 5.88 Å². The summed E-state index contributed by atoms with van der Waals surface area (Å²) in [6.45, 7) is 2.09. The molecular formula is C15H16IN3OS. The van der Waals surface area contributed by atoms with Crippen LogP contribution >= 0.6 is 33.9 Å². The van der Waals surface area contributed by atoms with Gasteiger partial charge < -0.3 is 10.5 Å². The van der Waals surface area contributed by atoms with Gasteiger partial charge >= 0.3 is 0 Å². The van der Waals surface area contributed by atoms with Crippen LogP contribution in [0.3, 0.4) is 0 Å². The molecule has 3 rings (SSSR count). The average Bonchev–Trinajstić information content (AvgIpc) is 3.04. The number of halogens is 1. The molecule has 2 aromatic heterocycles. The number of thiazole rings is 1. The molecule has 0 amide bonds. The lowest BCUT2D eigenvalue weighted by Crippen LogP contribution is -2.22. The molecule has 0 spiro atoms. The van der Waals surface area contributed by atoms with Gasteiger partial charge in [-0.25, -0.2) is 0 Å². The molecule has 0 aliphatic rings. The summed E-state index contributed by atoms with van der Waals surface area (Å²) in [5.41, 5.74) is 7.16. The van der Waals surface area contributed by atoms with Gasteiger partial charge in [0.1, 0.15) is 5.75 Å².